The topological polar surface area (TPSA) is 78.4 Å². The zero-order valence-corrected chi connectivity index (χ0v) is 14.1. The highest BCUT2D eigenvalue weighted by molar-refractivity contribution is 6.03. The lowest BCUT2D eigenvalue weighted by molar-refractivity contribution is -0.129. The van der Waals surface area contributed by atoms with Gasteiger partial charge in [-0.25, -0.2) is 18.7 Å². The number of nitrogens with zero attached hydrogens (tertiary/aromatic N) is 4. The van der Waals surface area contributed by atoms with Crippen LogP contribution in [-0.2, 0) is 4.79 Å². The number of halogens is 2. The molecular weight excluding hydrogens is 344 g/mol. The fraction of sp³-hybridized carbons (Fsp3) is 0.294. The highest BCUT2D eigenvalue weighted by Crippen LogP contribution is 2.17. The molecule has 1 saturated heterocycles. The molecule has 26 heavy (non-hydrogen) atoms. The van der Waals surface area contributed by atoms with Crippen molar-refractivity contribution in [1.29, 1.82) is 0 Å². The molecule has 0 spiro atoms. The molecule has 0 aliphatic carbocycles. The Labute approximate surface area is 148 Å². The van der Waals surface area contributed by atoms with Crippen LogP contribution in [-0.4, -0.2) is 52.9 Å². The zero-order chi connectivity index (χ0) is 18.7. The molecule has 9 heteroatoms. The number of nitrogens with one attached hydrogen (secondary N) is 1. The molecule has 1 N–H and O–H groups in total. The number of carbonyl (C=O) groups excluding carboxylic acids is 2. The minimum atomic E-state index is -1.05. The number of aromatic nitrogens is 2. The Morgan fingerprint density at radius 2 is 1.77 bits per heavy atom. The molecule has 0 saturated carbocycles. The second-order valence-electron chi connectivity index (χ2n) is 5.84. The fourth-order valence-electron chi connectivity index (χ4n) is 2.66. The van der Waals surface area contributed by atoms with Crippen molar-refractivity contribution in [3.05, 3.63) is 47.9 Å². The summed E-state index contributed by atoms with van der Waals surface area (Å²) in [7, 11) is 0. The summed E-state index contributed by atoms with van der Waals surface area (Å²) in [5.74, 6) is -1.99. The van der Waals surface area contributed by atoms with Gasteiger partial charge in [-0.3, -0.25) is 9.59 Å². The van der Waals surface area contributed by atoms with Crippen LogP contribution in [0.2, 0.25) is 0 Å². The van der Waals surface area contributed by atoms with E-state index in [1.165, 1.54) is 25.4 Å². The minimum absolute atomic E-state index is 0.0268. The summed E-state index contributed by atoms with van der Waals surface area (Å²) in [5, 5.41) is 2.47. The van der Waals surface area contributed by atoms with Crippen LogP contribution >= 0.6 is 0 Å². The van der Waals surface area contributed by atoms with E-state index < -0.39 is 17.5 Å². The molecule has 2 amide bonds. The molecule has 1 fully saturated rings. The molecule has 136 valence electrons. The van der Waals surface area contributed by atoms with Gasteiger partial charge >= 0.3 is 0 Å². The number of amides is 2. The summed E-state index contributed by atoms with van der Waals surface area (Å²) in [6.07, 6.45) is 1.27. The molecular formula is C17H17F2N5O2. The van der Waals surface area contributed by atoms with Crippen molar-refractivity contribution >= 4 is 23.3 Å². The molecule has 1 aromatic carbocycles. The lowest BCUT2D eigenvalue weighted by Gasteiger charge is -2.34. The van der Waals surface area contributed by atoms with Crippen LogP contribution in [0.3, 0.4) is 0 Å². The quantitative estimate of drug-likeness (QED) is 0.900. The first kappa shape index (κ1) is 17.7. The second-order valence-corrected chi connectivity index (χ2v) is 5.84. The number of rotatable bonds is 3. The van der Waals surface area contributed by atoms with E-state index in [-0.39, 0.29) is 17.3 Å². The van der Waals surface area contributed by atoms with Gasteiger partial charge in [0.2, 0.25) is 5.91 Å². The van der Waals surface area contributed by atoms with Gasteiger partial charge in [-0.2, -0.15) is 0 Å². The Morgan fingerprint density at radius 3 is 2.42 bits per heavy atom. The van der Waals surface area contributed by atoms with Gasteiger partial charge in [-0.15, -0.1) is 0 Å². The van der Waals surface area contributed by atoms with Gasteiger partial charge in [-0.1, -0.05) is 0 Å². The Morgan fingerprint density at radius 1 is 1.04 bits per heavy atom. The summed E-state index contributed by atoms with van der Waals surface area (Å²) in [5.41, 5.74) is 0.234. The Hall–Kier alpha value is -3.10. The maximum absolute atomic E-state index is 13.2. The van der Waals surface area contributed by atoms with Gasteiger partial charge in [0.1, 0.15) is 17.8 Å². The minimum Gasteiger partial charge on any atom is -0.353 e. The van der Waals surface area contributed by atoms with E-state index in [1.54, 1.807) is 4.90 Å². The predicted octanol–water partition coefficient (Wildman–Crippen LogP) is 1.68. The van der Waals surface area contributed by atoms with E-state index in [0.717, 1.165) is 12.1 Å². The number of anilines is 2. The number of hydrogen-bond acceptors (Lipinski definition) is 5. The van der Waals surface area contributed by atoms with Crippen LogP contribution in [0.15, 0.2) is 30.6 Å². The summed E-state index contributed by atoms with van der Waals surface area (Å²) < 4.78 is 26.2. The standard InChI is InChI=1S/C17H17F2N5O2/c1-11(25)23-4-6-24(7-5-23)16-9-15(20-10-21-16)17(26)22-12-2-3-13(18)14(19)8-12/h2-3,8-10H,4-7H2,1H3,(H,22,26). The number of hydrogen-bond donors (Lipinski definition) is 1. The monoisotopic (exact) mass is 361 g/mol. The number of benzene rings is 1. The van der Waals surface area contributed by atoms with E-state index in [1.807, 2.05) is 4.90 Å². The average Bonchev–Trinajstić information content (AvgIpc) is 2.65. The Kier molecular flexibility index (Phi) is 5.06. The van der Waals surface area contributed by atoms with Crippen LogP contribution in [0.1, 0.15) is 17.4 Å². The molecule has 0 radical (unpaired) electrons. The van der Waals surface area contributed by atoms with Crippen molar-refractivity contribution in [3.8, 4) is 0 Å². The smallest absolute Gasteiger partial charge is 0.274 e. The van der Waals surface area contributed by atoms with Gasteiger partial charge in [0, 0.05) is 50.9 Å². The van der Waals surface area contributed by atoms with Crippen molar-refractivity contribution in [2.45, 2.75) is 6.92 Å². The molecule has 3 rings (SSSR count). The predicted molar refractivity (Wildman–Crippen MR) is 90.8 cm³/mol. The Balaban J connectivity index is 1.69. The molecule has 2 heterocycles. The van der Waals surface area contributed by atoms with Crippen LogP contribution in [0.4, 0.5) is 20.3 Å². The third-order valence-electron chi connectivity index (χ3n) is 4.11. The van der Waals surface area contributed by atoms with Crippen molar-refractivity contribution in [2.24, 2.45) is 0 Å². The third-order valence-corrected chi connectivity index (χ3v) is 4.11. The van der Waals surface area contributed by atoms with Crippen LogP contribution in [0.5, 0.6) is 0 Å². The lowest BCUT2D eigenvalue weighted by atomic mass is 10.2. The van der Waals surface area contributed by atoms with Crippen molar-refractivity contribution < 1.29 is 18.4 Å². The highest BCUT2D eigenvalue weighted by atomic mass is 19.2. The SMILES string of the molecule is CC(=O)N1CCN(c2cc(C(=O)Nc3ccc(F)c(F)c3)ncn2)CC1. The third kappa shape index (κ3) is 3.93. The maximum Gasteiger partial charge on any atom is 0.274 e. The summed E-state index contributed by atoms with van der Waals surface area (Å²) in [6, 6.07) is 4.62. The summed E-state index contributed by atoms with van der Waals surface area (Å²) in [4.78, 5) is 35.5. The molecule has 1 aliphatic heterocycles. The molecule has 2 aromatic rings. The molecule has 0 unspecified atom stereocenters. The summed E-state index contributed by atoms with van der Waals surface area (Å²) in [6.45, 7) is 3.88. The van der Waals surface area contributed by atoms with Crippen LogP contribution in [0.25, 0.3) is 0 Å². The van der Waals surface area contributed by atoms with Crippen LogP contribution < -0.4 is 10.2 Å². The number of piperazine rings is 1. The molecule has 7 nitrogen and oxygen atoms in total. The molecule has 1 aliphatic rings. The van der Waals surface area contributed by atoms with Crippen LogP contribution in [0, 0.1) is 11.6 Å². The number of carbonyl (C=O) groups is 2. The van der Waals surface area contributed by atoms with Gasteiger partial charge in [0.05, 0.1) is 0 Å². The van der Waals surface area contributed by atoms with E-state index in [9.17, 15) is 18.4 Å². The maximum atomic E-state index is 13.2. The van der Waals surface area contributed by atoms with E-state index in [2.05, 4.69) is 15.3 Å². The van der Waals surface area contributed by atoms with E-state index in [4.69, 9.17) is 0 Å². The zero-order valence-electron chi connectivity index (χ0n) is 14.1. The second kappa shape index (κ2) is 7.42. The first-order valence-electron chi connectivity index (χ1n) is 8.03. The summed E-state index contributed by atoms with van der Waals surface area (Å²) >= 11 is 0. The molecule has 0 bridgehead atoms. The van der Waals surface area contributed by atoms with E-state index in [0.29, 0.717) is 32.0 Å². The van der Waals surface area contributed by atoms with Gasteiger partial charge in [0.25, 0.3) is 5.91 Å². The molecule has 1 aromatic heterocycles. The first-order chi connectivity index (χ1) is 12.4. The van der Waals surface area contributed by atoms with Crippen molar-refractivity contribution in [2.75, 3.05) is 36.4 Å². The van der Waals surface area contributed by atoms with E-state index >= 15 is 0 Å². The molecule has 0 atom stereocenters. The fourth-order valence-corrected chi connectivity index (χ4v) is 2.66. The normalized spacial score (nSPS) is 14.3. The highest BCUT2D eigenvalue weighted by Gasteiger charge is 2.20. The average molecular weight is 361 g/mol. The van der Waals surface area contributed by atoms with Gasteiger partial charge in [0.15, 0.2) is 11.6 Å². The van der Waals surface area contributed by atoms with Gasteiger partial charge < -0.3 is 15.1 Å². The van der Waals surface area contributed by atoms with Gasteiger partial charge in [-0.05, 0) is 12.1 Å². The largest absolute Gasteiger partial charge is 0.353 e. The van der Waals surface area contributed by atoms with Crippen molar-refractivity contribution in [3.63, 3.8) is 0 Å². The Bertz CT molecular complexity index is 838. The first-order valence-corrected chi connectivity index (χ1v) is 8.03. The lowest BCUT2D eigenvalue weighted by Crippen LogP contribution is -2.48. The van der Waals surface area contributed by atoms with Crippen molar-refractivity contribution in [1.82, 2.24) is 14.9 Å².